The van der Waals surface area contributed by atoms with Gasteiger partial charge in [-0.25, -0.2) is 4.98 Å². The first-order valence-corrected chi connectivity index (χ1v) is 4.10. The van der Waals surface area contributed by atoms with Gasteiger partial charge in [-0.15, -0.1) is 0 Å². The van der Waals surface area contributed by atoms with Gasteiger partial charge in [0.15, 0.2) is 0 Å². The van der Waals surface area contributed by atoms with Crippen molar-refractivity contribution in [2.24, 2.45) is 0 Å². The van der Waals surface area contributed by atoms with Crippen molar-refractivity contribution in [2.75, 3.05) is 0 Å². The van der Waals surface area contributed by atoms with Crippen LogP contribution in [0, 0.1) is 7.05 Å². The molecule has 12 heavy (non-hydrogen) atoms. The van der Waals surface area contributed by atoms with Crippen LogP contribution in [-0.2, 0) is 6.42 Å². The molecule has 1 heterocycles. The zero-order chi connectivity index (χ0) is 8.55. The number of benzene rings is 1. The van der Waals surface area contributed by atoms with E-state index in [4.69, 9.17) is 0 Å². The first-order valence-electron chi connectivity index (χ1n) is 4.10. The van der Waals surface area contributed by atoms with Crippen molar-refractivity contribution in [1.82, 2.24) is 9.55 Å². The molecule has 0 aliphatic carbocycles. The van der Waals surface area contributed by atoms with E-state index in [9.17, 15) is 0 Å². The van der Waals surface area contributed by atoms with E-state index in [1.807, 2.05) is 28.8 Å². The molecule has 1 aromatic heterocycles. The first kappa shape index (κ1) is 7.35. The Morgan fingerprint density at radius 1 is 1.42 bits per heavy atom. The quantitative estimate of drug-likeness (QED) is 0.624. The number of para-hydroxylation sites is 2. The lowest BCUT2D eigenvalue weighted by Crippen LogP contribution is -1.92. The molecule has 0 unspecified atom stereocenters. The summed E-state index contributed by atoms with van der Waals surface area (Å²) < 4.78 is 1.90. The van der Waals surface area contributed by atoms with E-state index in [0.29, 0.717) is 0 Å². The van der Waals surface area contributed by atoms with Crippen molar-refractivity contribution < 1.29 is 0 Å². The van der Waals surface area contributed by atoms with Gasteiger partial charge in [0.1, 0.15) is 5.82 Å². The van der Waals surface area contributed by atoms with E-state index in [-0.39, 0.29) is 0 Å². The summed E-state index contributed by atoms with van der Waals surface area (Å²) >= 11 is 0. The molecule has 2 nitrogen and oxygen atoms in total. The van der Waals surface area contributed by atoms with Gasteiger partial charge in [0, 0.05) is 13.5 Å². The topological polar surface area (TPSA) is 17.8 Å². The molecule has 0 aliphatic rings. The lowest BCUT2D eigenvalue weighted by Gasteiger charge is -1.96. The van der Waals surface area contributed by atoms with E-state index < -0.39 is 0 Å². The molecule has 0 N–H and O–H groups in total. The third kappa shape index (κ3) is 0.916. The highest BCUT2D eigenvalue weighted by molar-refractivity contribution is 5.76. The van der Waals surface area contributed by atoms with Gasteiger partial charge in [-0.05, 0) is 12.1 Å². The summed E-state index contributed by atoms with van der Waals surface area (Å²) in [7, 11) is 3.93. The van der Waals surface area contributed by atoms with Gasteiger partial charge in [0.05, 0.1) is 11.0 Å². The Bertz CT molecular complexity index is 401. The smallest absolute Gasteiger partial charge is 0.109 e. The van der Waals surface area contributed by atoms with Crippen molar-refractivity contribution >= 4 is 11.0 Å². The van der Waals surface area contributed by atoms with Crippen LogP contribution in [-0.4, -0.2) is 9.55 Å². The molecule has 0 saturated carbocycles. The second kappa shape index (κ2) is 2.63. The maximum atomic E-state index is 4.43. The lowest BCUT2D eigenvalue weighted by molar-refractivity contribution is 0.907. The molecule has 0 spiro atoms. The van der Waals surface area contributed by atoms with Crippen LogP contribution in [0.2, 0.25) is 0 Å². The molecule has 61 valence electrons. The van der Waals surface area contributed by atoms with Gasteiger partial charge in [-0.2, -0.15) is 0 Å². The number of hydrogen-bond donors (Lipinski definition) is 0. The fourth-order valence-electron chi connectivity index (χ4n) is 1.40. The first-order chi connectivity index (χ1) is 5.83. The molecule has 0 amide bonds. The highest BCUT2D eigenvalue weighted by Crippen LogP contribution is 2.14. The van der Waals surface area contributed by atoms with Crippen LogP contribution in [0.3, 0.4) is 0 Å². The van der Waals surface area contributed by atoms with Crippen LogP contribution in [0.4, 0.5) is 0 Å². The summed E-state index contributed by atoms with van der Waals surface area (Å²) in [5.74, 6) is 1.04. The fraction of sp³-hybridized carbons (Fsp3) is 0.200. The van der Waals surface area contributed by atoms with Gasteiger partial charge in [-0.3, -0.25) is 0 Å². The van der Waals surface area contributed by atoms with Gasteiger partial charge >= 0.3 is 0 Å². The van der Waals surface area contributed by atoms with Crippen molar-refractivity contribution in [1.29, 1.82) is 0 Å². The molecule has 1 aromatic carbocycles. The number of imidazole rings is 1. The second-order valence-electron chi connectivity index (χ2n) is 2.80. The van der Waals surface area contributed by atoms with E-state index in [1.54, 1.807) is 0 Å². The highest BCUT2D eigenvalue weighted by atomic mass is 15.1. The number of rotatable bonds is 1. The van der Waals surface area contributed by atoms with Gasteiger partial charge in [0.25, 0.3) is 0 Å². The van der Waals surface area contributed by atoms with Crippen LogP contribution in [0.25, 0.3) is 11.0 Å². The number of aromatic nitrogens is 2. The van der Waals surface area contributed by atoms with Crippen LogP contribution >= 0.6 is 0 Å². The minimum absolute atomic E-state index is 0.929. The summed E-state index contributed by atoms with van der Waals surface area (Å²) in [6.45, 7) is 2.09. The standard InChI is InChI=1S/C10H11N2/c1-3-10-11-8-6-4-5-7-9(8)12(10)2/h4-7H,2-3H2,1H3. The van der Waals surface area contributed by atoms with Gasteiger partial charge in [-0.1, -0.05) is 19.1 Å². The zero-order valence-electron chi connectivity index (χ0n) is 7.12. The van der Waals surface area contributed by atoms with Crippen molar-refractivity contribution in [2.45, 2.75) is 13.3 Å². The SMILES string of the molecule is [CH2]n1c(CC)nc2ccccc21. The molecule has 2 aromatic rings. The Kier molecular flexibility index (Phi) is 1.61. The predicted molar refractivity (Wildman–Crippen MR) is 49.9 cm³/mol. The number of aryl methyl sites for hydroxylation is 1. The van der Waals surface area contributed by atoms with Crippen LogP contribution < -0.4 is 0 Å². The molecular weight excluding hydrogens is 148 g/mol. The lowest BCUT2D eigenvalue weighted by atomic mass is 10.3. The molecule has 0 atom stereocenters. The molecular formula is C10H11N2. The minimum atomic E-state index is 0.929. The van der Waals surface area contributed by atoms with Crippen LogP contribution in [0.1, 0.15) is 12.7 Å². The molecule has 0 aliphatic heterocycles. The third-order valence-electron chi connectivity index (χ3n) is 2.05. The summed E-state index contributed by atoms with van der Waals surface area (Å²) in [4.78, 5) is 4.43. The Morgan fingerprint density at radius 3 is 2.83 bits per heavy atom. The molecule has 1 radical (unpaired) electrons. The van der Waals surface area contributed by atoms with Crippen molar-refractivity contribution in [3.63, 3.8) is 0 Å². The fourth-order valence-corrected chi connectivity index (χ4v) is 1.40. The van der Waals surface area contributed by atoms with Gasteiger partial charge in [0.2, 0.25) is 0 Å². The van der Waals surface area contributed by atoms with Crippen molar-refractivity contribution in [3.05, 3.63) is 37.1 Å². The average molecular weight is 159 g/mol. The van der Waals surface area contributed by atoms with Gasteiger partial charge < -0.3 is 4.57 Å². The second-order valence-corrected chi connectivity index (χ2v) is 2.80. The average Bonchev–Trinajstić information content (AvgIpc) is 2.44. The third-order valence-corrected chi connectivity index (χ3v) is 2.05. The van der Waals surface area contributed by atoms with Crippen molar-refractivity contribution in [3.8, 4) is 0 Å². The summed E-state index contributed by atoms with van der Waals surface area (Å²) in [5.41, 5.74) is 2.14. The maximum Gasteiger partial charge on any atom is 0.109 e. The summed E-state index contributed by atoms with van der Waals surface area (Å²) in [6.07, 6.45) is 0.929. The van der Waals surface area contributed by atoms with E-state index in [0.717, 1.165) is 23.3 Å². The summed E-state index contributed by atoms with van der Waals surface area (Å²) in [5, 5.41) is 0. The monoisotopic (exact) mass is 159 g/mol. The number of hydrogen-bond acceptors (Lipinski definition) is 1. The van der Waals surface area contributed by atoms with Crippen LogP contribution in [0.15, 0.2) is 24.3 Å². The molecule has 0 fully saturated rings. The van der Waals surface area contributed by atoms with E-state index in [1.165, 1.54) is 0 Å². The maximum absolute atomic E-state index is 4.43. The Labute approximate surface area is 71.8 Å². The molecule has 2 heteroatoms. The Hall–Kier alpha value is -1.31. The minimum Gasteiger partial charge on any atom is -0.326 e. The van der Waals surface area contributed by atoms with E-state index in [2.05, 4.69) is 19.0 Å². The normalized spacial score (nSPS) is 10.8. The van der Waals surface area contributed by atoms with Crippen LogP contribution in [0.5, 0.6) is 0 Å². The Balaban J connectivity index is 2.78. The Morgan fingerprint density at radius 2 is 2.17 bits per heavy atom. The molecule has 0 saturated heterocycles. The molecule has 0 bridgehead atoms. The molecule has 2 rings (SSSR count). The van der Waals surface area contributed by atoms with E-state index >= 15 is 0 Å². The predicted octanol–water partition coefficient (Wildman–Crippen LogP) is 2.24. The number of nitrogens with zero attached hydrogens (tertiary/aromatic N) is 2. The summed E-state index contributed by atoms with van der Waals surface area (Å²) in [6, 6.07) is 8.05. The zero-order valence-corrected chi connectivity index (χ0v) is 7.12. The number of fused-ring (bicyclic) bond motifs is 1. The highest BCUT2D eigenvalue weighted by Gasteiger charge is 2.03. The largest absolute Gasteiger partial charge is 0.326 e.